The zero-order valence-electron chi connectivity index (χ0n) is 13.7. The third-order valence-electron chi connectivity index (χ3n) is 4.50. The Morgan fingerprint density at radius 3 is 2.62 bits per heavy atom. The van der Waals surface area contributed by atoms with Gasteiger partial charge < -0.3 is 10.2 Å². The van der Waals surface area contributed by atoms with E-state index in [1.165, 1.54) is 37.8 Å². The Bertz CT molecular complexity index is 439. The highest BCUT2D eigenvalue weighted by Crippen LogP contribution is 2.38. The van der Waals surface area contributed by atoms with Crippen LogP contribution in [-0.2, 0) is 6.54 Å². The number of halogens is 1. The molecule has 1 fully saturated rings. The molecule has 0 atom stereocenters. The second-order valence-electron chi connectivity index (χ2n) is 7.04. The van der Waals surface area contributed by atoms with E-state index in [-0.39, 0.29) is 0 Å². The van der Waals surface area contributed by atoms with Gasteiger partial charge in [-0.25, -0.2) is 0 Å². The Labute approximate surface area is 134 Å². The van der Waals surface area contributed by atoms with E-state index in [9.17, 15) is 0 Å². The maximum Gasteiger partial charge on any atom is 0.0409 e. The van der Waals surface area contributed by atoms with Crippen LogP contribution >= 0.6 is 11.6 Å². The van der Waals surface area contributed by atoms with Crippen molar-refractivity contribution in [3.63, 3.8) is 0 Å². The van der Waals surface area contributed by atoms with Gasteiger partial charge in [-0.05, 0) is 43.0 Å². The molecule has 0 spiro atoms. The minimum atomic E-state index is 0.456. The highest BCUT2D eigenvalue weighted by atomic mass is 35.5. The predicted molar refractivity (Wildman–Crippen MR) is 91.8 cm³/mol. The fourth-order valence-corrected chi connectivity index (χ4v) is 3.72. The summed E-state index contributed by atoms with van der Waals surface area (Å²) >= 11 is 6.08. The van der Waals surface area contributed by atoms with Crippen LogP contribution in [0.2, 0.25) is 5.02 Å². The topological polar surface area (TPSA) is 15.3 Å². The van der Waals surface area contributed by atoms with Gasteiger partial charge in [-0.3, -0.25) is 0 Å². The Kier molecular flexibility index (Phi) is 6.09. The average molecular weight is 309 g/mol. The van der Waals surface area contributed by atoms with Crippen molar-refractivity contribution in [3.8, 4) is 0 Å². The summed E-state index contributed by atoms with van der Waals surface area (Å²) in [7, 11) is 2.23. The van der Waals surface area contributed by atoms with Gasteiger partial charge in [0.15, 0.2) is 0 Å². The third-order valence-corrected chi connectivity index (χ3v) is 4.73. The maximum atomic E-state index is 6.08. The zero-order valence-corrected chi connectivity index (χ0v) is 14.4. The van der Waals surface area contributed by atoms with Crippen LogP contribution in [0.1, 0.15) is 45.1 Å². The maximum absolute atomic E-state index is 6.08. The summed E-state index contributed by atoms with van der Waals surface area (Å²) in [6, 6.07) is 8.79. The van der Waals surface area contributed by atoms with E-state index in [1.54, 1.807) is 0 Å². The molecule has 1 aromatic carbocycles. The van der Waals surface area contributed by atoms with Crippen LogP contribution in [0.15, 0.2) is 24.3 Å². The lowest BCUT2D eigenvalue weighted by Gasteiger charge is -2.34. The van der Waals surface area contributed by atoms with Crippen molar-refractivity contribution in [2.45, 2.75) is 52.1 Å². The van der Waals surface area contributed by atoms with Crippen molar-refractivity contribution in [2.24, 2.45) is 5.41 Å². The van der Waals surface area contributed by atoms with Gasteiger partial charge in [-0.1, -0.05) is 50.4 Å². The van der Waals surface area contributed by atoms with Crippen molar-refractivity contribution in [3.05, 3.63) is 34.9 Å². The molecule has 21 heavy (non-hydrogen) atoms. The molecular formula is C18H29ClN2. The molecule has 0 heterocycles. The Morgan fingerprint density at radius 2 is 2.00 bits per heavy atom. The summed E-state index contributed by atoms with van der Waals surface area (Å²) in [5, 5.41) is 4.49. The molecular weight excluding hydrogens is 280 g/mol. The van der Waals surface area contributed by atoms with E-state index < -0.39 is 0 Å². The average Bonchev–Trinajstić information content (AvgIpc) is 2.85. The van der Waals surface area contributed by atoms with Gasteiger partial charge >= 0.3 is 0 Å². The van der Waals surface area contributed by atoms with Gasteiger partial charge in [-0.2, -0.15) is 0 Å². The van der Waals surface area contributed by atoms with Gasteiger partial charge in [0.1, 0.15) is 0 Å². The molecule has 2 rings (SSSR count). The molecule has 0 bridgehead atoms. The number of nitrogens with one attached hydrogen (secondary N) is 1. The molecule has 1 aliphatic rings. The lowest BCUT2D eigenvalue weighted by atomic mass is 9.85. The number of benzene rings is 1. The minimum Gasteiger partial charge on any atom is -0.314 e. The fraction of sp³-hybridized carbons (Fsp3) is 0.667. The summed E-state index contributed by atoms with van der Waals surface area (Å²) in [5.74, 6) is 0. The Balaban J connectivity index is 1.93. The second-order valence-corrected chi connectivity index (χ2v) is 7.48. The molecule has 0 aliphatic heterocycles. The predicted octanol–water partition coefficient (Wildman–Crippen LogP) is 4.33. The van der Waals surface area contributed by atoms with Crippen LogP contribution < -0.4 is 5.32 Å². The van der Waals surface area contributed by atoms with Gasteiger partial charge in [0.05, 0.1) is 0 Å². The smallest absolute Gasteiger partial charge is 0.0409 e. The highest BCUT2D eigenvalue weighted by molar-refractivity contribution is 6.30. The molecule has 0 aromatic heterocycles. The molecule has 1 aromatic rings. The molecule has 0 unspecified atom stereocenters. The fourth-order valence-electron chi connectivity index (χ4n) is 3.51. The monoisotopic (exact) mass is 308 g/mol. The Morgan fingerprint density at radius 1 is 1.29 bits per heavy atom. The van der Waals surface area contributed by atoms with Gasteiger partial charge in [0, 0.05) is 30.7 Å². The number of rotatable bonds is 7. The third kappa shape index (κ3) is 5.28. The Hall–Kier alpha value is -0.570. The quantitative estimate of drug-likeness (QED) is 0.806. The van der Waals surface area contributed by atoms with Crippen molar-refractivity contribution in [1.82, 2.24) is 10.2 Å². The summed E-state index contributed by atoms with van der Waals surface area (Å²) in [4.78, 5) is 2.46. The minimum absolute atomic E-state index is 0.456. The van der Waals surface area contributed by atoms with Gasteiger partial charge in [-0.15, -0.1) is 0 Å². The first kappa shape index (κ1) is 16.8. The largest absolute Gasteiger partial charge is 0.314 e. The first-order valence-corrected chi connectivity index (χ1v) is 8.53. The first-order valence-electron chi connectivity index (χ1n) is 8.15. The molecule has 2 nitrogen and oxygen atoms in total. The van der Waals surface area contributed by atoms with Crippen LogP contribution in [-0.4, -0.2) is 31.1 Å². The van der Waals surface area contributed by atoms with Crippen molar-refractivity contribution < 1.29 is 0 Å². The lowest BCUT2D eigenvalue weighted by Crippen LogP contribution is -2.43. The van der Waals surface area contributed by atoms with E-state index in [1.807, 2.05) is 12.1 Å². The van der Waals surface area contributed by atoms with Crippen LogP contribution in [0.3, 0.4) is 0 Å². The summed E-state index contributed by atoms with van der Waals surface area (Å²) in [6.45, 7) is 7.75. The molecule has 1 saturated carbocycles. The van der Waals surface area contributed by atoms with Crippen molar-refractivity contribution >= 4 is 11.6 Å². The zero-order chi connectivity index (χ0) is 15.3. The van der Waals surface area contributed by atoms with Crippen molar-refractivity contribution in [2.75, 3.05) is 20.1 Å². The van der Waals surface area contributed by atoms with Crippen LogP contribution in [0.4, 0.5) is 0 Å². The lowest BCUT2D eigenvalue weighted by molar-refractivity contribution is 0.164. The molecule has 0 saturated heterocycles. The molecule has 0 radical (unpaired) electrons. The molecule has 1 N–H and O–H groups in total. The van der Waals surface area contributed by atoms with Crippen molar-refractivity contribution in [1.29, 1.82) is 0 Å². The first-order chi connectivity index (χ1) is 9.99. The molecule has 3 heteroatoms. The molecule has 0 amide bonds. The number of hydrogen-bond donors (Lipinski definition) is 1. The van der Waals surface area contributed by atoms with E-state index in [0.29, 0.717) is 11.5 Å². The van der Waals surface area contributed by atoms with E-state index >= 15 is 0 Å². The number of hydrogen-bond acceptors (Lipinski definition) is 2. The molecule has 118 valence electrons. The number of nitrogens with zero attached hydrogens (tertiary/aromatic N) is 1. The van der Waals surface area contributed by atoms with E-state index in [4.69, 9.17) is 11.6 Å². The normalized spacial score (nSPS) is 17.8. The second kappa shape index (κ2) is 7.62. The van der Waals surface area contributed by atoms with Gasteiger partial charge in [0.2, 0.25) is 0 Å². The van der Waals surface area contributed by atoms with Crippen LogP contribution in [0, 0.1) is 5.41 Å². The SMILES string of the molecule is CC(C)NCC1(CN(C)Cc2cccc(Cl)c2)CCCC1. The standard InChI is InChI=1S/C18H29ClN2/c1-15(2)20-13-18(9-4-5-10-18)14-21(3)12-16-7-6-8-17(19)11-16/h6-8,11,15,20H,4-5,9-10,12-14H2,1-3H3. The van der Waals surface area contributed by atoms with E-state index in [2.05, 4.69) is 43.2 Å². The molecule has 1 aliphatic carbocycles. The van der Waals surface area contributed by atoms with E-state index in [0.717, 1.165) is 18.1 Å². The summed E-state index contributed by atoms with van der Waals surface area (Å²) < 4.78 is 0. The highest BCUT2D eigenvalue weighted by Gasteiger charge is 2.34. The van der Waals surface area contributed by atoms with Gasteiger partial charge in [0.25, 0.3) is 0 Å². The van der Waals surface area contributed by atoms with Crippen LogP contribution in [0.25, 0.3) is 0 Å². The summed E-state index contributed by atoms with van der Waals surface area (Å²) in [6.07, 6.45) is 5.47. The van der Waals surface area contributed by atoms with Crippen LogP contribution in [0.5, 0.6) is 0 Å². The summed E-state index contributed by atoms with van der Waals surface area (Å²) in [5.41, 5.74) is 1.76.